The van der Waals surface area contributed by atoms with Crippen molar-refractivity contribution in [3.63, 3.8) is 0 Å². The van der Waals surface area contributed by atoms with Crippen LogP contribution in [0.3, 0.4) is 0 Å². The third kappa shape index (κ3) is 5.57. The van der Waals surface area contributed by atoms with E-state index in [1.54, 1.807) is 12.1 Å². The van der Waals surface area contributed by atoms with E-state index in [0.29, 0.717) is 24.5 Å². The van der Waals surface area contributed by atoms with E-state index in [2.05, 4.69) is 17.2 Å². The predicted molar refractivity (Wildman–Crippen MR) is 80.8 cm³/mol. The number of amides is 1. The van der Waals surface area contributed by atoms with E-state index >= 15 is 0 Å². The highest BCUT2D eigenvalue weighted by Crippen LogP contribution is 2.15. The number of nitrogen functional groups attached to an aromatic ring is 1. The molecule has 5 nitrogen and oxygen atoms in total. The Hall–Kier alpha value is -1.62. The molecule has 0 aliphatic rings. The molecule has 0 saturated carbocycles. The average Bonchev–Trinajstić information content (AvgIpc) is 2.41. The number of carbonyl (C=O) groups is 1. The largest absolute Gasteiger partial charge is 0.384 e. The third-order valence-corrected chi connectivity index (χ3v) is 2.89. The van der Waals surface area contributed by atoms with Gasteiger partial charge in [0.15, 0.2) is 0 Å². The molecule has 0 aliphatic heterocycles. The molecule has 1 heterocycles. The molecule has 112 valence electrons. The summed E-state index contributed by atoms with van der Waals surface area (Å²) in [4.78, 5) is 16.2. The van der Waals surface area contributed by atoms with Crippen molar-refractivity contribution in [2.75, 3.05) is 25.5 Å². The van der Waals surface area contributed by atoms with Gasteiger partial charge in [0.2, 0.25) is 0 Å². The summed E-state index contributed by atoms with van der Waals surface area (Å²) in [6.07, 6.45) is 2.16. The van der Waals surface area contributed by atoms with Crippen LogP contribution in [0.15, 0.2) is 12.1 Å². The molecular weight excluding hydrogens is 254 g/mol. The molecule has 20 heavy (non-hydrogen) atoms. The fourth-order valence-electron chi connectivity index (χ4n) is 1.69. The minimum absolute atomic E-state index is 0.139. The van der Waals surface area contributed by atoms with Gasteiger partial charge < -0.3 is 15.8 Å². The molecule has 0 radical (unpaired) electrons. The Bertz CT molecular complexity index is 433. The number of carbonyl (C=O) groups excluding carboxylic acids is 1. The zero-order chi connectivity index (χ0) is 15.0. The Balaban J connectivity index is 2.47. The maximum atomic E-state index is 12.0. The maximum Gasteiger partial charge on any atom is 0.251 e. The number of hydrogen-bond acceptors (Lipinski definition) is 4. The third-order valence-electron chi connectivity index (χ3n) is 2.89. The van der Waals surface area contributed by atoms with E-state index < -0.39 is 0 Å². The number of nitrogens with zero attached hydrogens (tertiary/aromatic N) is 1. The minimum Gasteiger partial charge on any atom is -0.384 e. The first-order valence-corrected chi connectivity index (χ1v) is 7.18. The molecule has 0 spiro atoms. The first-order chi connectivity index (χ1) is 9.54. The number of pyridine rings is 1. The van der Waals surface area contributed by atoms with Gasteiger partial charge in [-0.25, -0.2) is 4.98 Å². The number of anilines is 1. The lowest BCUT2D eigenvalue weighted by Crippen LogP contribution is -2.27. The summed E-state index contributed by atoms with van der Waals surface area (Å²) in [5.41, 5.74) is 7.11. The summed E-state index contributed by atoms with van der Waals surface area (Å²) in [6.45, 7) is 7.93. The van der Waals surface area contributed by atoms with Crippen molar-refractivity contribution >= 4 is 11.7 Å². The van der Waals surface area contributed by atoms with Gasteiger partial charge in [0.05, 0.1) is 6.61 Å². The van der Waals surface area contributed by atoms with Gasteiger partial charge >= 0.3 is 0 Å². The average molecular weight is 279 g/mol. The highest BCUT2D eigenvalue weighted by Gasteiger charge is 2.10. The first kappa shape index (κ1) is 16.4. The first-order valence-electron chi connectivity index (χ1n) is 7.18. The Kier molecular flexibility index (Phi) is 7.01. The number of ether oxygens (including phenoxy) is 1. The molecule has 1 aromatic heterocycles. The van der Waals surface area contributed by atoms with Crippen LogP contribution in [0, 0.1) is 0 Å². The van der Waals surface area contributed by atoms with Crippen LogP contribution in [-0.2, 0) is 4.74 Å². The molecule has 0 saturated heterocycles. The summed E-state index contributed by atoms with van der Waals surface area (Å²) in [5.74, 6) is 0.475. The van der Waals surface area contributed by atoms with Gasteiger partial charge in [-0.15, -0.1) is 0 Å². The highest BCUT2D eigenvalue weighted by molar-refractivity contribution is 5.94. The van der Waals surface area contributed by atoms with Crippen LogP contribution < -0.4 is 11.1 Å². The lowest BCUT2D eigenvalue weighted by Gasteiger charge is -2.10. The zero-order valence-corrected chi connectivity index (χ0v) is 12.6. The Labute approximate surface area is 120 Å². The summed E-state index contributed by atoms with van der Waals surface area (Å²) >= 11 is 0. The van der Waals surface area contributed by atoms with Gasteiger partial charge in [-0.2, -0.15) is 0 Å². The molecule has 5 heteroatoms. The predicted octanol–water partition coefficient (Wildman–Crippen LogP) is 2.33. The second-order valence-corrected chi connectivity index (χ2v) is 5.08. The van der Waals surface area contributed by atoms with Crippen LogP contribution in [-0.4, -0.2) is 30.6 Å². The van der Waals surface area contributed by atoms with Crippen LogP contribution in [0.25, 0.3) is 0 Å². The summed E-state index contributed by atoms with van der Waals surface area (Å²) < 4.78 is 5.39. The molecule has 0 aromatic carbocycles. The molecule has 1 amide bonds. The van der Waals surface area contributed by atoms with Crippen molar-refractivity contribution in [3.8, 4) is 0 Å². The minimum atomic E-state index is -0.139. The van der Waals surface area contributed by atoms with Gasteiger partial charge in [-0.05, 0) is 24.5 Å². The van der Waals surface area contributed by atoms with E-state index in [0.717, 1.165) is 25.1 Å². The Morgan fingerprint density at radius 2 is 2.15 bits per heavy atom. The van der Waals surface area contributed by atoms with E-state index in [-0.39, 0.29) is 11.8 Å². The smallest absolute Gasteiger partial charge is 0.251 e. The van der Waals surface area contributed by atoms with Crippen LogP contribution in [0.1, 0.15) is 55.6 Å². The van der Waals surface area contributed by atoms with Crippen LogP contribution >= 0.6 is 0 Å². The van der Waals surface area contributed by atoms with Crippen molar-refractivity contribution in [2.24, 2.45) is 0 Å². The monoisotopic (exact) mass is 279 g/mol. The number of hydrogen-bond donors (Lipinski definition) is 2. The SMILES string of the molecule is CCCCOCCNC(=O)c1cc(N)nc(C(C)C)c1. The molecule has 1 rings (SSSR count). The maximum absolute atomic E-state index is 12.0. The molecule has 3 N–H and O–H groups in total. The topological polar surface area (TPSA) is 77.2 Å². The van der Waals surface area contributed by atoms with Crippen molar-refractivity contribution in [1.29, 1.82) is 0 Å². The summed E-state index contributed by atoms with van der Waals surface area (Å²) in [5, 5.41) is 2.82. The Morgan fingerprint density at radius 1 is 1.40 bits per heavy atom. The highest BCUT2D eigenvalue weighted by atomic mass is 16.5. The number of nitrogens with one attached hydrogen (secondary N) is 1. The van der Waals surface area contributed by atoms with Crippen LogP contribution in [0.5, 0.6) is 0 Å². The van der Waals surface area contributed by atoms with Gasteiger partial charge in [0, 0.05) is 24.4 Å². The quantitative estimate of drug-likeness (QED) is 0.716. The summed E-state index contributed by atoms with van der Waals surface area (Å²) in [7, 11) is 0. The molecular formula is C15H25N3O2. The second kappa shape index (κ2) is 8.53. The molecule has 0 bridgehead atoms. The molecule has 0 aliphatic carbocycles. The van der Waals surface area contributed by atoms with E-state index in [4.69, 9.17) is 10.5 Å². The number of rotatable bonds is 8. The van der Waals surface area contributed by atoms with Crippen LogP contribution in [0.4, 0.5) is 5.82 Å². The normalized spacial score (nSPS) is 10.8. The molecule has 0 unspecified atom stereocenters. The van der Waals surface area contributed by atoms with Gasteiger partial charge in [0.25, 0.3) is 5.91 Å². The number of nitrogens with two attached hydrogens (primary N) is 1. The Morgan fingerprint density at radius 3 is 2.80 bits per heavy atom. The number of unbranched alkanes of at least 4 members (excludes halogenated alkanes) is 1. The lowest BCUT2D eigenvalue weighted by molar-refractivity contribution is 0.0912. The number of aromatic nitrogens is 1. The molecule has 1 aromatic rings. The summed E-state index contributed by atoms with van der Waals surface area (Å²) in [6, 6.07) is 3.38. The molecule has 0 atom stereocenters. The standard InChI is InChI=1S/C15H25N3O2/c1-4-5-7-20-8-6-17-15(19)12-9-13(11(2)3)18-14(16)10-12/h9-11H,4-8H2,1-3H3,(H2,16,18)(H,17,19). The van der Waals surface area contributed by atoms with Gasteiger partial charge in [-0.1, -0.05) is 27.2 Å². The van der Waals surface area contributed by atoms with Crippen molar-refractivity contribution in [3.05, 3.63) is 23.4 Å². The molecule has 0 fully saturated rings. The van der Waals surface area contributed by atoms with Gasteiger partial charge in [-0.3, -0.25) is 4.79 Å². The lowest BCUT2D eigenvalue weighted by atomic mass is 10.1. The van der Waals surface area contributed by atoms with Crippen LogP contribution in [0.2, 0.25) is 0 Å². The van der Waals surface area contributed by atoms with E-state index in [1.165, 1.54) is 0 Å². The fourth-order valence-corrected chi connectivity index (χ4v) is 1.69. The zero-order valence-electron chi connectivity index (χ0n) is 12.6. The second-order valence-electron chi connectivity index (χ2n) is 5.08. The van der Waals surface area contributed by atoms with E-state index in [1.807, 2.05) is 13.8 Å². The van der Waals surface area contributed by atoms with Gasteiger partial charge in [0.1, 0.15) is 5.82 Å². The van der Waals surface area contributed by atoms with E-state index in [9.17, 15) is 4.79 Å². The van der Waals surface area contributed by atoms with Crippen molar-refractivity contribution < 1.29 is 9.53 Å². The van der Waals surface area contributed by atoms with Crippen molar-refractivity contribution in [1.82, 2.24) is 10.3 Å². The van der Waals surface area contributed by atoms with Crippen molar-refractivity contribution in [2.45, 2.75) is 39.5 Å². The fraction of sp³-hybridized carbons (Fsp3) is 0.600.